The van der Waals surface area contributed by atoms with Crippen molar-refractivity contribution >= 4 is 0 Å². The van der Waals surface area contributed by atoms with E-state index in [9.17, 15) is 4.39 Å². The molecule has 1 aliphatic rings. The molecule has 1 N–H and O–H groups in total. The molecule has 96 valence electrons. The lowest BCUT2D eigenvalue weighted by Gasteiger charge is -2.37. The molecule has 0 heterocycles. The van der Waals surface area contributed by atoms with E-state index in [0.29, 0.717) is 19.1 Å². The Morgan fingerprint density at radius 2 is 2.22 bits per heavy atom. The third-order valence-corrected chi connectivity index (χ3v) is 3.52. The molecule has 1 aromatic carbocycles. The van der Waals surface area contributed by atoms with E-state index in [1.54, 1.807) is 12.1 Å². The molecule has 0 radical (unpaired) electrons. The molecule has 0 atom stereocenters. The largest absolute Gasteiger partial charge is 0.395 e. The molecule has 1 aromatic rings. The lowest BCUT2D eigenvalue weighted by molar-refractivity contribution is 0.0945. The maximum atomic E-state index is 13.2. The second kappa shape index (κ2) is 5.94. The number of nitrogens with zero attached hydrogens (tertiary/aromatic N) is 2. The predicted octanol–water partition coefficient (Wildman–Crippen LogP) is 2.04. The summed E-state index contributed by atoms with van der Waals surface area (Å²) in [4.78, 5) is 2.21. The van der Waals surface area contributed by atoms with Crippen molar-refractivity contribution in [2.75, 3.05) is 13.2 Å². The van der Waals surface area contributed by atoms with Gasteiger partial charge in [-0.05, 0) is 30.5 Å². The molecule has 0 spiro atoms. The van der Waals surface area contributed by atoms with Crippen LogP contribution < -0.4 is 0 Å². The van der Waals surface area contributed by atoms with Crippen LogP contribution >= 0.6 is 0 Å². The number of nitriles is 1. The van der Waals surface area contributed by atoms with Gasteiger partial charge in [0.2, 0.25) is 0 Å². The van der Waals surface area contributed by atoms with E-state index in [2.05, 4.69) is 4.90 Å². The molecule has 18 heavy (non-hydrogen) atoms. The maximum absolute atomic E-state index is 13.2. The molecule has 0 bridgehead atoms. The molecule has 0 saturated heterocycles. The van der Waals surface area contributed by atoms with E-state index >= 15 is 0 Å². The second-order valence-corrected chi connectivity index (χ2v) is 4.70. The van der Waals surface area contributed by atoms with Crippen molar-refractivity contribution in [3.63, 3.8) is 0 Å². The minimum absolute atomic E-state index is 0.0880. The Kier molecular flexibility index (Phi) is 4.29. The van der Waals surface area contributed by atoms with Crippen LogP contribution in [0.25, 0.3) is 0 Å². The Bertz CT molecular complexity index is 452. The van der Waals surface area contributed by atoms with Crippen LogP contribution in [-0.4, -0.2) is 29.2 Å². The molecular formula is C14H17FN2O. The van der Waals surface area contributed by atoms with E-state index in [-0.39, 0.29) is 12.2 Å². The van der Waals surface area contributed by atoms with Crippen LogP contribution in [0.4, 0.5) is 4.39 Å². The average Bonchev–Trinajstić information content (AvgIpc) is 2.29. The fourth-order valence-corrected chi connectivity index (χ4v) is 2.26. The van der Waals surface area contributed by atoms with Gasteiger partial charge in [-0.15, -0.1) is 0 Å². The zero-order valence-electron chi connectivity index (χ0n) is 10.3. The number of rotatable bonds is 5. The molecule has 1 saturated carbocycles. The van der Waals surface area contributed by atoms with Gasteiger partial charge in [0.05, 0.1) is 12.2 Å². The highest BCUT2D eigenvalue weighted by Gasteiger charge is 2.24. The van der Waals surface area contributed by atoms with Crippen LogP contribution in [0.2, 0.25) is 0 Å². The van der Waals surface area contributed by atoms with Crippen molar-refractivity contribution in [3.8, 4) is 6.07 Å². The van der Waals surface area contributed by atoms with Crippen molar-refractivity contribution in [2.24, 2.45) is 0 Å². The quantitative estimate of drug-likeness (QED) is 0.867. The van der Waals surface area contributed by atoms with Crippen molar-refractivity contribution in [1.29, 1.82) is 5.26 Å². The summed E-state index contributed by atoms with van der Waals surface area (Å²) >= 11 is 0. The number of halogens is 1. The molecule has 0 unspecified atom stereocenters. The van der Waals surface area contributed by atoms with Crippen molar-refractivity contribution in [2.45, 2.75) is 31.8 Å². The second-order valence-electron chi connectivity index (χ2n) is 4.70. The number of aliphatic hydroxyl groups excluding tert-OH is 1. The molecule has 1 aliphatic carbocycles. The number of benzene rings is 1. The summed E-state index contributed by atoms with van der Waals surface area (Å²) in [5.41, 5.74) is 1.01. The average molecular weight is 248 g/mol. The monoisotopic (exact) mass is 248 g/mol. The smallest absolute Gasteiger partial charge is 0.140 e. The Hall–Kier alpha value is -1.44. The van der Waals surface area contributed by atoms with Gasteiger partial charge in [0, 0.05) is 19.1 Å². The summed E-state index contributed by atoms with van der Waals surface area (Å²) < 4.78 is 13.2. The minimum Gasteiger partial charge on any atom is -0.395 e. The van der Waals surface area contributed by atoms with Gasteiger partial charge < -0.3 is 5.11 Å². The first-order valence-corrected chi connectivity index (χ1v) is 6.28. The maximum Gasteiger partial charge on any atom is 0.140 e. The van der Waals surface area contributed by atoms with E-state index in [4.69, 9.17) is 10.4 Å². The number of hydrogen-bond donors (Lipinski definition) is 1. The number of hydrogen-bond acceptors (Lipinski definition) is 3. The van der Waals surface area contributed by atoms with E-state index in [1.807, 2.05) is 6.07 Å². The Labute approximate surface area is 106 Å². The first kappa shape index (κ1) is 13.0. The first-order valence-electron chi connectivity index (χ1n) is 6.28. The Morgan fingerprint density at radius 3 is 2.78 bits per heavy atom. The minimum atomic E-state index is -0.474. The lowest BCUT2D eigenvalue weighted by atomic mass is 9.91. The van der Waals surface area contributed by atoms with Gasteiger partial charge in [0.15, 0.2) is 0 Å². The normalized spacial score (nSPS) is 15.4. The highest BCUT2D eigenvalue weighted by atomic mass is 19.1. The standard InChI is InChI=1S/C14H17FN2O/c15-14-5-4-11(8-12(14)9-16)10-17(6-7-18)13-2-1-3-13/h4-5,8,13,18H,1-3,6-7,10H2. The van der Waals surface area contributed by atoms with Crippen LogP contribution in [0.3, 0.4) is 0 Å². The third-order valence-electron chi connectivity index (χ3n) is 3.52. The van der Waals surface area contributed by atoms with E-state index < -0.39 is 5.82 Å². The van der Waals surface area contributed by atoms with E-state index in [0.717, 1.165) is 18.4 Å². The van der Waals surface area contributed by atoms with Gasteiger partial charge in [-0.1, -0.05) is 12.5 Å². The van der Waals surface area contributed by atoms with Gasteiger partial charge in [0.1, 0.15) is 11.9 Å². The fraction of sp³-hybridized carbons (Fsp3) is 0.500. The fourth-order valence-electron chi connectivity index (χ4n) is 2.26. The van der Waals surface area contributed by atoms with Crippen molar-refractivity contribution < 1.29 is 9.50 Å². The summed E-state index contributed by atoms with van der Waals surface area (Å²) in [6.07, 6.45) is 3.55. The van der Waals surface area contributed by atoms with Crippen LogP contribution in [0.5, 0.6) is 0 Å². The highest BCUT2D eigenvalue weighted by molar-refractivity contribution is 5.34. The molecule has 0 aliphatic heterocycles. The molecular weight excluding hydrogens is 231 g/mol. The van der Waals surface area contributed by atoms with Crippen molar-refractivity contribution in [1.82, 2.24) is 4.90 Å². The zero-order valence-corrected chi connectivity index (χ0v) is 10.3. The van der Waals surface area contributed by atoms with Gasteiger partial charge >= 0.3 is 0 Å². The van der Waals surface area contributed by atoms with Crippen LogP contribution in [0, 0.1) is 17.1 Å². The summed E-state index contributed by atoms with van der Waals surface area (Å²) in [5, 5.41) is 17.9. The SMILES string of the molecule is N#Cc1cc(CN(CCO)C2CCC2)ccc1F. The Balaban J connectivity index is 2.08. The topological polar surface area (TPSA) is 47.3 Å². The number of aliphatic hydroxyl groups is 1. The molecule has 0 amide bonds. The molecule has 0 aromatic heterocycles. The van der Waals surface area contributed by atoms with Gasteiger partial charge in [-0.3, -0.25) is 4.90 Å². The summed E-state index contributed by atoms with van der Waals surface area (Å²) in [7, 11) is 0. The predicted molar refractivity (Wildman–Crippen MR) is 66.2 cm³/mol. The Morgan fingerprint density at radius 1 is 1.44 bits per heavy atom. The van der Waals surface area contributed by atoms with Gasteiger partial charge in [0.25, 0.3) is 0 Å². The van der Waals surface area contributed by atoms with E-state index in [1.165, 1.54) is 12.5 Å². The van der Waals surface area contributed by atoms with Crippen LogP contribution in [0.15, 0.2) is 18.2 Å². The molecule has 2 rings (SSSR count). The summed E-state index contributed by atoms with van der Waals surface area (Å²) in [6.45, 7) is 1.42. The summed E-state index contributed by atoms with van der Waals surface area (Å²) in [5.74, 6) is -0.474. The first-order chi connectivity index (χ1) is 8.74. The van der Waals surface area contributed by atoms with Gasteiger partial charge in [-0.25, -0.2) is 4.39 Å². The lowest BCUT2D eigenvalue weighted by Crippen LogP contribution is -2.41. The highest BCUT2D eigenvalue weighted by Crippen LogP contribution is 2.26. The van der Waals surface area contributed by atoms with Gasteiger partial charge in [-0.2, -0.15) is 5.26 Å². The van der Waals surface area contributed by atoms with Crippen molar-refractivity contribution in [3.05, 3.63) is 35.1 Å². The third kappa shape index (κ3) is 2.87. The molecule has 3 nitrogen and oxygen atoms in total. The molecule has 4 heteroatoms. The summed E-state index contributed by atoms with van der Waals surface area (Å²) in [6, 6.07) is 7.02. The van der Waals surface area contributed by atoms with Crippen LogP contribution in [0.1, 0.15) is 30.4 Å². The zero-order chi connectivity index (χ0) is 13.0. The molecule has 1 fully saturated rings. The van der Waals surface area contributed by atoms with Crippen LogP contribution in [-0.2, 0) is 6.54 Å².